The maximum atomic E-state index is 11.4. The van der Waals surface area contributed by atoms with Crippen LogP contribution in [0.1, 0.15) is 19.0 Å². The van der Waals surface area contributed by atoms with E-state index < -0.39 is 12.0 Å². The molecule has 1 atom stereocenters. The molecule has 0 radical (unpaired) electrons. The quantitative estimate of drug-likeness (QED) is 0.789. The number of nitrogens with zero attached hydrogens (tertiary/aromatic N) is 1. The average molecular weight is 258 g/mol. The molecule has 0 aliphatic carbocycles. The summed E-state index contributed by atoms with van der Waals surface area (Å²) in [7, 11) is 0. The summed E-state index contributed by atoms with van der Waals surface area (Å²) in [6.07, 6.45) is 0.0924. The van der Waals surface area contributed by atoms with Gasteiger partial charge in [0.25, 0.3) is 0 Å². The van der Waals surface area contributed by atoms with Crippen molar-refractivity contribution >= 4 is 23.2 Å². The Balaban J connectivity index is 2.49. The summed E-state index contributed by atoms with van der Waals surface area (Å²) in [6, 6.07) is -0.914. The lowest BCUT2D eigenvalue weighted by Gasteiger charge is -2.09. The number of hydrogen-bond acceptors (Lipinski definition) is 4. The van der Waals surface area contributed by atoms with Crippen LogP contribution in [0.25, 0.3) is 0 Å². The first kappa shape index (κ1) is 13.4. The van der Waals surface area contributed by atoms with Crippen molar-refractivity contribution in [2.24, 2.45) is 0 Å². The minimum Gasteiger partial charge on any atom is -0.480 e. The van der Waals surface area contributed by atoms with Crippen LogP contribution in [0.3, 0.4) is 0 Å². The molecule has 1 aromatic heterocycles. The number of aliphatic carboxylic acids is 1. The van der Waals surface area contributed by atoms with E-state index in [0.29, 0.717) is 0 Å². The van der Waals surface area contributed by atoms with Crippen LogP contribution >= 0.6 is 11.3 Å². The van der Waals surface area contributed by atoms with Gasteiger partial charge >= 0.3 is 10.8 Å². The van der Waals surface area contributed by atoms with Crippen molar-refractivity contribution in [2.45, 2.75) is 32.9 Å². The van der Waals surface area contributed by atoms with E-state index in [9.17, 15) is 14.4 Å². The Labute approximate surface area is 102 Å². The second-order valence-corrected chi connectivity index (χ2v) is 4.49. The number of hydrogen-bond donors (Lipinski definition) is 2. The lowest BCUT2D eigenvalue weighted by atomic mass is 10.3. The molecule has 0 aromatic carbocycles. The maximum absolute atomic E-state index is 11.4. The van der Waals surface area contributed by atoms with Gasteiger partial charge in [-0.25, -0.2) is 0 Å². The molecule has 7 heteroatoms. The first-order valence-electron chi connectivity index (χ1n) is 5.09. The number of aryl methyl sites for hydroxylation is 1. The molecule has 2 N–H and O–H groups in total. The van der Waals surface area contributed by atoms with Crippen molar-refractivity contribution in [1.82, 2.24) is 9.88 Å². The first-order chi connectivity index (χ1) is 7.91. The van der Waals surface area contributed by atoms with E-state index >= 15 is 0 Å². The Morgan fingerprint density at radius 1 is 1.59 bits per heavy atom. The van der Waals surface area contributed by atoms with E-state index in [1.165, 1.54) is 11.5 Å². The fourth-order valence-electron chi connectivity index (χ4n) is 1.26. The first-order valence-corrected chi connectivity index (χ1v) is 5.97. The molecule has 0 fully saturated rings. The zero-order valence-corrected chi connectivity index (χ0v) is 10.4. The van der Waals surface area contributed by atoms with Crippen LogP contribution in [0.2, 0.25) is 0 Å². The normalized spacial score (nSPS) is 12.1. The van der Waals surface area contributed by atoms with E-state index in [4.69, 9.17) is 5.11 Å². The maximum Gasteiger partial charge on any atom is 0.325 e. The SMILES string of the molecule is Cc1csc(=O)n1CCC(=O)N[C@@H](C)C(=O)O. The molecule has 1 aromatic rings. The molecule has 1 rings (SSSR count). The molecular weight excluding hydrogens is 244 g/mol. The smallest absolute Gasteiger partial charge is 0.325 e. The molecular formula is C10H14N2O4S. The van der Waals surface area contributed by atoms with Crippen LogP contribution in [-0.2, 0) is 16.1 Å². The van der Waals surface area contributed by atoms with E-state index in [1.54, 1.807) is 12.3 Å². The fourth-order valence-corrected chi connectivity index (χ4v) is 2.02. The van der Waals surface area contributed by atoms with Crippen LogP contribution < -0.4 is 10.2 Å². The predicted molar refractivity (Wildman–Crippen MR) is 63.2 cm³/mol. The van der Waals surface area contributed by atoms with Gasteiger partial charge in [0.05, 0.1) is 0 Å². The minimum absolute atomic E-state index is 0.0924. The second kappa shape index (κ2) is 5.62. The van der Waals surface area contributed by atoms with Gasteiger partial charge in [-0.2, -0.15) is 0 Å². The largest absolute Gasteiger partial charge is 0.480 e. The van der Waals surface area contributed by atoms with Crippen LogP contribution in [0.15, 0.2) is 10.2 Å². The van der Waals surface area contributed by atoms with Crippen molar-refractivity contribution in [3.8, 4) is 0 Å². The summed E-state index contributed by atoms with van der Waals surface area (Å²) in [6.45, 7) is 3.45. The van der Waals surface area contributed by atoms with Gasteiger partial charge in [0.2, 0.25) is 5.91 Å². The van der Waals surface area contributed by atoms with Gasteiger partial charge in [0, 0.05) is 24.0 Å². The topological polar surface area (TPSA) is 88.4 Å². The van der Waals surface area contributed by atoms with Gasteiger partial charge in [-0.3, -0.25) is 14.4 Å². The molecule has 0 aliphatic rings. The fraction of sp³-hybridized carbons (Fsp3) is 0.500. The number of amides is 1. The van der Waals surface area contributed by atoms with E-state index in [-0.39, 0.29) is 23.7 Å². The number of nitrogens with one attached hydrogen (secondary N) is 1. The van der Waals surface area contributed by atoms with Crippen molar-refractivity contribution in [2.75, 3.05) is 0 Å². The second-order valence-electron chi connectivity index (χ2n) is 3.67. The molecule has 1 amide bonds. The summed E-state index contributed by atoms with van der Waals surface area (Å²) < 4.78 is 1.50. The lowest BCUT2D eigenvalue weighted by Crippen LogP contribution is -2.38. The van der Waals surface area contributed by atoms with Crippen molar-refractivity contribution < 1.29 is 14.7 Å². The standard InChI is InChI=1S/C10H14N2O4S/c1-6-5-17-10(16)12(6)4-3-8(13)11-7(2)9(14)15/h5,7H,3-4H2,1-2H3,(H,11,13)(H,14,15)/t7-/m0/s1. The number of thiazole rings is 1. The molecule has 0 bridgehead atoms. The highest BCUT2D eigenvalue weighted by atomic mass is 32.1. The Hall–Kier alpha value is -1.63. The zero-order valence-electron chi connectivity index (χ0n) is 9.60. The Bertz CT molecular complexity index is 477. The van der Waals surface area contributed by atoms with Gasteiger partial charge in [-0.05, 0) is 13.8 Å². The predicted octanol–water partition coefficient (Wildman–Crippen LogP) is 0.198. The molecule has 0 saturated heterocycles. The number of carbonyl (C=O) groups is 2. The molecule has 0 unspecified atom stereocenters. The van der Waals surface area contributed by atoms with Crippen molar-refractivity contribution in [1.29, 1.82) is 0 Å². The van der Waals surface area contributed by atoms with Crippen LogP contribution in [0, 0.1) is 6.92 Å². The number of carboxylic acid groups (broad SMARTS) is 1. The van der Waals surface area contributed by atoms with E-state index in [0.717, 1.165) is 17.0 Å². The minimum atomic E-state index is -1.08. The summed E-state index contributed by atoms with van der Waals surface area (Å²) >= 11 is 1.08. The van der Waals surface area contributed by atoms with Gasteiger partial charge in [0.1, 0.15) is 6.04 Å². The van der Waals surface area contributed by atoms with E-state index in [2.05, 4.69) is 5.32 Å². The van der Waals surface area contributed by atoms with Crippen molar-refractivity contribution in [3.63, 3.8) is 0 Å². The third-order valence-corrected chi connectivity index (χ3v) is 3.17. The molecule has 6 nitrogen and oxygen atoms in total. The molecule has 0 saturated carbocycles. The van der Waals surface area contributed by atoms with Gasteiger partial charge < -0.3 is 15.0 Å². The summed E-state index contributed by atoms with van der Waals surface area (Å²) in [4.78, 5) is 33.1. The van der Waals surface area contributed by atoms with Crippen molar-refractivity contribution in [3.05, 3.63) is 20.7 Å². The van der Waals surface area contributed by atoms with Crippen LogP contribution in [0.4, 0.5) is 0 Å². The molecule has 1 heterocycles. The lowest BCUT2D eigenvalue weighted by molar-refractivity contribution is -0.141. The van der Waals surface area contributed by atoms with Gasteiger partial charge in [-0.1, -0.05) is 11.3 Å². The molecule has 0 aliphatic heterocycles. The van der Waals surface area contributed by atoms with Crippen LogP contribution in [0.5, 0.6) is 0 Å². The monoisotopic (exact) mass is 258 g/mol. The highest BCUT2D eigenvalue weighted by molar-refractivity contribution is 7.07. The van der Waals surface area contributed by atoms with E-state index in [1.807, 2.05) is 0 Å². The molecule has 94 valence electrons. The third-order valence-electron chi connectivity index (χ3n) is 2.29. The Kier molecular flexibility index (Phi) is 4.45. The number of aromatic nitrogens is 1. The summed E-state index contributed by atoms with van der Waals surface area (Å²) in [5.74, 6) is -1.46. The summed E-state index contributed by atoms with van der Waals surface area (Å²) in [5, 5.41) is 12.7. The average Bonchev–Trinajstić information content (AvgIpc) is 2.56. The molecule has 0 spiro atoms. The highest BCUT2D eigenvalue weighted by Crippen LogP contribution is 2.00. The zero-order chi connectivity index (χ0) is 13.0. The third kappa shape index (κ3) is 3.70. The van der Waals surface area contributed by atoms with Gasteiger partial charge in [0.15, 0.2) is 0 Å². The Morgan fingerprint density at radius 2 is 2.24 bits per heavy atom. The highest BCUT2D eigenvalue weighted by Gasteiger charge is 2.14. The molecule has 17 heavy (non-hydrogen) atoms. The van der Waals surface area contributed by atoms with Crippen LogP contribution in [-0.4, -0.2) is 27.6 Å². The summed E-state index contributed by atoms with van der Waals surface area (Å²) in [5.41, 5.74) is 0.805. The Morgan fingerprint density at radius 3 is 2.71 bits per heavy atom. The number of carbonyl (C=O) groups excluding carboxylic acids is 1. The number of carboxylic acids is 1. The number of rotatable bonds is 5. The van der Waals surface area contributed by atoms with Gasteiger partial charge in [-0.15, -0.1) is 0 Å².